The lowest BCUT2D eigenvalue weighted by atomic mass is 10.1. The molecule has 2 aromatic carbocycles. The minimum Gasteiger partial charge on any atom is -0.320 e. The summed E-state index contributed by atoms with van der Waals surface area (Å²) in [5.41, 5.74) is 1.90. The second-order valence-corrected chi connectivity index (χ2v) is 4.36. The van der Waals surface area contributed by atoms with Crippen LogP contribution in [0.5, 0.6) is 0 Å². The number of rotatable bonds is 3. The molecular weight excluding hydrogens is 260 g/mol. The molecule has 0 unspecified atom stereocenters. The summed E-state index contributed by atoms with van der Waals surface area (Å²) < 4.78 is 26.1. The van der Waals surface area contributed by atoms with Gasteiger partial charge in [-0.15, -0.1) is 0 Å². The van der Waals surface area contributed by atoms with Crippen molar-refractivity contribution >= 4 is 17.7 Å². The molecule has 0 aliphatic heterocycles. The van der Waals surface area contributed by atoms with Crippen molar-refractivity contribution < 1.29 is 13.6 Å². The van der Waals surface area contributed by atoms with Gasteiger partial charge in [-0.2, -0.15) is 0 Å². The van der Waals surface area contributed by atoms with Gasteiger partial charge in [0.1, 0.15) is 11.6 Å². The zero-order valence-corrected chi connectivity index (χ0v) is 10.9. The summed E-state index contributed by atoms with van der Waals surface area (Å²) in [6.07, 6.45) is 2.93. The van der Waals surface area contributed by atoms with Gasteiger partial charge in [-0.3, -0.25) is 4.79 Å². The fraction of sp³-hybridized carbons (Fsp3) is 0.0625. The Kier molecular flexibility index (Phi) is 4.25. The zero-order valence-electron chi connectivity index (χ0n) is 10.9. The molecule has 0 fully saturated rings. The largest absolute Gasteiger partial charge is 0.320 e. The van der Waals surface area contributed by atoms with Gasteiger partial charge in [0.25, 0.3) is 0 Å². The minimum absolute atomic E-state index is 0.0507. The fourth-order valence-corrected chi connectivity index (χ4v) is 1.71. The van der Waals surface area contributed by atoms with Crippen LogP contribution in [0.1, 0.15) is 11.1 Å². The first-order valence-electron chi connectivity index (χ1n) is 6.05. The Bertz CT molecular complexity index is 665. The molecule has 0 saturated heterocycles. The summed E-state index contributed by atoms with van der Waals surface area (Å²) >= 11 is 0. The molecule has 0 aliphatic carbocycles. The molecule has 2 rings (SSSR count). The monoisotopic (exact) mass is 273 g/mol. The third-order valence-corrected chi connectivity index (χ3v) is 2.66. The van der Waals surface area contributed by atoms with Crippen LogP contribution in [-0.2, 0) is 4.79 Å². The van der Waals surface area contributed by atoms with Gasteiger partial charge in [0, 0.05) is 12.1 Å². The van der Waals surface area contributed by atoms with Crippen molar-refractivity contribution in [1.29, 1.82) is 0 Å². The Morgan fingerprint density at radius 2 is 1.95 bits per heavy atom. The second-order valence-electron chi connectivity index (χ2n) is 4.36. The SMILES string of the molecule is Cc1cccc(/C=C\C(=O)Nc2ccc(F)cc2F)c1. The minimum atomic E-state index is -0.803. The summed E-state index contributed by atoms with van der Waals surface area (Å²) in [6, 6.07) is 10.6. The summed E-state index contributed by atoms with van der Waals surface area (Å²) in [5.74, 6) is -1.96. The summed E-state index contributed by atoms with van der Waals surface area (Å²) in [7, 11) is 0. The van der Waals surface area contributed by atoms with Gasteiger partial charge in [0.05, 0.1) is 5.69 Å². The third kappa shape index (κ3) is 3.75. The zero-order chi connectivity index (χ0) is 14.5. The summed E-state index contributed by atoms with van der Waals surface area (Å²) in [5, 5.41) is 2.35. The molecule has 0 bridgehead atoms. The van der Waals surface area contributed by atoms with Gasteiger partial charge >= 0.3 is 0 Å². The molecule has 0 radical (unpaired) electrons. The van der Waals surface area contributed by atoms with E-state index in [1.807, 2.05) is 31.2 Å². The van der Waals surface area contributed by atoms with E-state index in [-0.39, 0.29) is 5.69 Å². The normalized spacial score (nSPS) is 10.8. The van der Waals surface area contributed by atoms with E-state index in [2.05, 4.69) is 5.32 Å². The molecule has 0 saturated carbocycles. The quantitative estimate of drug-likeness (QED) is 0.844. The molecule has 20 heavy (non-hydrogen) atoms. The number of benzene rings is 2. The summed E-state index contributed by atoms with van der Waals surface area (Å²) in [6.45, 7) is 1.95. The van der Waals surface area contributed by atoms with E-state index in [1.54, 1.807) is 6.08 Å². The van der Waals surface area contributed by atoms with Crippen molar-refractivity contribution in [2.45, 2.75) is 6.92 Å². The average molecular weight is 273 g/mol. The van der Waals surface area contributed by atoms with Crippen molar-refractivity contribution in [2.24, 2.45) is 0 Å². The number of nitrogens with one attached hydrogen (secondary N) is 1. The molecule has 102 valence electrons. The van der Waals surface area contributed by atoms with E-state index in [1.165, 1.54) is 12.1 Å². The Balaban J connectivity index is 2.05. The lowest BCUT2D eigenvalue weighted by Crippen LogP contribution is -2.09. The van der Waals surface area contributed by atoms with Gasteiger partial charge in [0.15, 0.2) is 0 Å². The van der Waals surface area contributed by atoms with E-state index in [0.717, 1.165) is 23.3 Å². The fourth-order valence-electron chi connectivity index (χ4n) is 1.71. The van der Waals surface area contributed by atoms with Crippen molar-refractivity contribution in [3.05, 3.63) is 71.3 Å². The van der Waals surface area contributed by atoms with E-state index in [9.17, 15) is 13.6 Å². The van der Waals surface area contributed by atoms with Gasteiger partial charge < -0.3 is 5.32 Å². The van der Waals surface area contributed by atoms with Gasteiger partial charge in [0.2, 0.25) is 5.91 Å². The molecule has 2 nitrogen and oxygen atoms in total. The number of hydrogen-bond acceptors (Lipinski definition) is 1. The van der Waals surface area contributed by atoms with Crippen LogP contribution in [0.3, 0.4) is 0 Å². The third-order valence-electron chi connectivity index (χ3n) is 2.66. The number of halogens is 2. The van der Waals surface area contributed by atoms with Crippen LogP contribution in [0.15, 0.2) is 48.5 Å². The van der Waals surface area contributed by atoms with E-state index in [4.69, 9.17) is 0 Å². The number of carbonyl (C=O) groups is 1. The molecule has 0 heterocycles. The Morgan fingerprint density at radius 3 is 2.65 bits per heavy atom. The van der Waals surface area contributed by atoms with Crippen LogP contribution in [0.2, 0.25) is 0 Å². The van der Waals surface area contributed by atoms with E-state index >= 15 is 0 Å². The number of amides is 1. The molecule has 0 aliphatic rings. The lowest BCUT2D eigenvalue weighted by molar-refractivity contribution is -0.111. The first kappa shape index (κ1) is 13.9. The number of carbonyl (C=O) groups excluding carboxylic acids is 1. The first-order valence-corrected chi connectivity index (χ1v) is 6.05. The van der Waals surface area contributed by atoms with Gasteiger partial charge in [-0.25, -0.2) is 8.78 Å². The smallest absolute Gasteiger partial charge is 0.248 e. The van der Waals surface area contributed by atoms with E-state index in [0.29, 0.717) is 0 Å². The number of hydrogen-bond donors (Lipinski definition) is 1. The van der Waals surface area contributed by atoms with Crippen LogP contribution in [0, 0.1) is 18.6 Å². The molecule has 1 N–H and O–H groups in total. The number of aryl methyl sites for hydroxylation is 1. The van der Waals surface area contributed by atoms with Crippen molar-refractivity contribution in [3.63, 3.8) is 0 Å². The highest BCUT2D eigenvalue weighted by Crippen LogP contribution is 2.15. The Labute approximate surface area is 115 Å². The van der Waals surface area contributed by atoms with Crippen LogP contribution < -0.4 is 5.32 Å². The Hall–Kier alpha value is -2.49. The molecule has 0 aromatic heterocycles. The second kappa shape index (κ2) is 6.10. The van der Waals surface area contributed by atoms with Crippen LogP contribution in [0.25, 0.3) is 6.08 Å². The van der Waals surface area contributed by atoms with Crippen molar-refractivity contribution in [1.82, 2.24) is 0 Å². The van der Waals surface area contributed by atoms with Crippen LogP contribution in [0.4, 0.5) is 14.5 Å². The highest BCUT2D eigenvalue weighted by molar-refractivity contribution is 6.01. The number of anilines is 1. The van der Waals surface area contributed by atoms with Crippen molar-refractivity contribution in [3.8, 4) is 0 Å². The predicted octanol–water partition coefficient (Wildman–Crippen LogP) is 3.93. The maximum atomic E-state index is 13.3. The summed E-state index contributed by atoms with van der Waals surface area (Å²) in [4.78, 5) is 11.6. The molecular formula is C16H13F2NO. The highest BCUT2D eigenvalue weighted by atomic mass is 19.1. The maximum Gasteiger partial charge on any atom is 0.248 e. The molecule has 1 amide bonds. The topological polar surface area (TPSA) is 29.1 Å². The van der Waals surface area contributed by atoms with Crippen molar-refractivity contribution in [2.75, 3.05) is 5.32 Å². The van der Waals surface area contributed by atoms with E-state index < -0.39 is 17.5 Å². The van der Waals surface area contributed by atoms with Gasteiger partial charge in [-0.1, -0.05) is 29.8 Å². The van der Waals surface area contributed by atoms with Crippen LogP contribution >= 0.6 is 0 Å². The molecule has 0 spiro atoms. The standard InChI is InChI=1S/C16H13F2NO/c1-11-3-2-4-12(9-11)5-8-16(20)19-15-7-6-13(17)10-14(15)18/h2-10H,1H3,(H,19,20)/b8-5-. The Morgan fingerprint density at radius 1 is 1.15 bits per heavy atom. The predicted molar refractivity (Wildman–Crippen MR) is 75.2 cm³/mol. The maximum absolute atomic E-state index is 13.3. The first-order chi connectivity index (χ1) is 9.54. The van der Waals surface area contributed by atoms with Gasteiger partial charge in [-0.05, 0) is 30.7 Å². The lowest BCUT2D eigenvalue weighted by Gasteiger charge is -2.03. The molecule has 2 aromatic rings. The average Bonchev–Trinajstić information content (AvgIpc) is 2.40. The molecule has 4 heteroatoms. The highest BCUT2D eigenvalue weighted by Gasteiger charge is 2.05. The molecule has 0 atom stereocenters. The van der Waals surface area contributed by atoms with Crippen LogP contribution in [-0.4, -0.2) is 5.91 Å².